The van der Waals surface area contributed by atoms with Gasteiger partial charge in [0, 0.05) is 15.8 Å². The zero-order chi connectivity index (χ0) is 18.4. The van der Waals surface area contributed by atoms with E-state index in [9.17, 15) is 9.59 Å². The molecule has 1 heterocycles. The zero-order valence-corrected chi connectivity index (χ0v) is 16.3. The van der Waals surface area contributed by atoms with Gasteiger partial charge in [0.1, 0.15) is 0 Å². The van der Waals surface area contributed by atoms with Gasteiger partial charge in [-0.2, -0.15) is 0 Å². The van der Waals surface area contributed by atoms with Gasteiger partial charge in [-0.3, -0.25) is 13.9 Å². The number of nitrogens with one attached hydrogen (secondary N) is 2. The van der Waals surface area contributed by atoms with E-state index in [-0.39, 0.29) is 18.4 Å². The number of benzene rings is 1. The van der Waals surface area contributed by atoms with Gasteiger partial charge in [0.15, 0.2) is 5.13 Å². The minimum absolute atomic E-state index is 0.0967. The van der Waals surface area contributed by atoms with E-state index in [1.54, 1.807) is 12.1 Å². The van der Waals surface area contributed by atoms with Gasteiger partial charge in [0.05, 0.1) is 12.2 Å². The van der Waals surface area contributed by atoms with Gasteiger partial charge in [0.2, 0.25) is 5.91 Å². The first-order valence-electron chi connectivity index (χ1n) is 7.84. The number of anilines is 1. The van der Waals surface area contributed by atoms with Crippen LogP contribution in [0.1, 0.15) is 35.8 Å². The molecule has 8 heteroatoms. The number of carbonyl (C=O) groups is 2. The molecule has 6 nitrogen and oxygen atoms in total. The normalized spacial score (nSPS) is 11.0. The fourth-order valence-corrected chi connectivity index (χ4v) is 3.57. The highest BCUT2D eigenvalue weighted by molar-refractivity contribution is 7.97. The molecule has 0 bridgehead atoms. The van der Waals surface area contributed by atoms with E-state index >= 15 is 0 Å². The second-order valence-corrected chi connectivity index (χ2v) is 8.14. The van der Waals surface area contributed by atoms with E-state index in [4.69, 9.17) is 0 Å². The van der Waals surface area contributed by atoms with Crippen LogP contribution >= 0.6 is 23.3 Å². The van der Waals surface area contributed by atoms with Crippen molar-refractivity contribution in [3.63, 3.8) is 0 Å². The maximum absolute atomic E-state index is 12.2. The van der Waals surface area contributed by atoms with E-state index in [2.05, 4.69) is 15.6 Å². The lowest BCUT2D eigenvalue weighted by molar-refractivity contribution is -0.115. The highest BCUT2D eigenvalue weighted by atomic mass is 32.2. The Bertz CT molecular complexity index is 744. The Kier molecular flexibility index (Phi) is 6.98. The molecule has 0 fully saturated rings. The van der Waals surface area contributed by atoms with Crippen molar-refractivity contribution < 1.29 is 9.59 Å². The molecule has 2 amide bonds. The summed E-state index contributed by atoms with van der Waals surface area (Å²) in [6, 6.07) is 7.28. The summed E-state index contributed by atoms with van der Waals surface area (Å²) >= 11 is 2.91. The number of amides is 2. The first-order valence-corrected chi connectivity index (χ1v) is 9.49. The Balaban J connectivity index is 1.87. The molecule has 0 aliphatic carbocycles. The van der Waals surface area contributed by atoms with Crippen molar-refractivity contribution >= 4 is 40.2 Å². The monoisotopic (exact) mass is 378 g/mol. The lowest BCUT2D eigenvalue weighted by atomic mass is 10.2. The molecule has 2 rings (SSSR count). The second-order valence-electron chi connectivity index (χ2n) is 5.89. The third-order valence-corrected chi connectivity index (χ3v) is 4.76. The highest BCUT2D eigenvalue weighted by Crippen LogP contribution is 2.21. The molecule has 0 saturated carbocycles. The predicted molar refractivity (Wildman–Crippen MR) is 103 cm³/mol. The first kappa shape index (κ1) is 19.4. The van der Waals surface area contributed by atoms with Gasteiger partial charge < -0.3 is 10.6 Å². The third-order valence-electron chi connectivity index (χ3n) is 3.15. The Hall–Kier alpha value is -1.90. The summed E-state index contributed by atoms with van der Waals surface area (Å²) in [7, 11) is 3.87. The molecule has 0 saturated heterocycles. The van der Waals surface area contributed by atoms with Gasteiger partial charge in [-0.25, -0.2) is 4.98 Å². The molecule has 0 atom stereocenters. The Morgan fingerprint density at radius 1 is 1.32 bits per heavy atom. The van der Waals surface area contributed by atoms with E-state index in [1.165, 1.54) is 23.3 Å². The van der Waals surface area contributed by atoms with Crippen molar-refractivity contribution in [1.82, 2.24) is 14.6 Å². The number of rotatable bonds is 7. The molecular formula is C17H22N4O2S2. The van der Waals surface area contributed by atoms with Crippen molar-refractivity contribution in [2.75, 3.05) is 26.0 Å². The fourth-order valence-electron chi connectivity index (χ4n) is 1.94. The van der Waals surface area contributed by atoms with Gasteiger partial charge >= 0.3 is 0 Å². The van der Waals surface area contributed by atoms with Crippen molar-refractivity contribution in [2.24, 2.45) is 0 Å². The summed E-state index contributed by atoms with van der Waals surface area (Å²) in [4.78, 5) is 29.5. The molecule has 0 radical (unpaired) electrons. The lowest BCUT2D eigenvalue weighted by Crippen LogP contribution is -2.32. The molecule has 0 aliphatic heterocycles. The van der Waals surface area contributed by atoms with Crippen molar-refractivity contribution in [2.45, 2.75) is 24.7 Å². The van der Waals surface area contributed by atoms with Crippen LogP contribution in [-0.2, 0) is 4.79 Å². The van der Waals surface area contributed by atoms with Crippen LogP contribution in [0.2, 0.25) is 0 Å². The van der Waals surface area contributed by atoms with Crippen LogP contribution in [0.3, 0.4) is 0 Å². The third kappa shape index (κ3) is 6.15. The Morgan fingerprint density at radius 3 is 2.72 bits per heavy atom. The molecular weight excluding hydrogens is 356 g/mol. The SMILES string of the molecule is CC(C)c1csc(NC(=O)CNC(=O)c2cccc(SN(C)C)c2)n1. The quantitative estimate of drug-likeness (QED) is 0.724. The van der Waals surface area contributed by atoms with Gasteiger partial charge in [-0.15, -0.1) is 11.3 Å². The fraction of sp³-hybridized carbons (Fsp3) is 0.353. The van der Waals surface area contributed by atoms with Crippen LogP contribution in [0.5, 0.6) is 0 Å². The van der Waals surface area contributed by atoms with Crippen LogP contribution in [0, 0.1) is 0 Å². The van der Waals surface area contributed by atoms with Gasteiger partial charge in [-0.1, -0.05) is 19.9 Å². The van der Waals surface area contributed by atoms with Crippen molar-refractivity contribution in [1.29, 1.82) is 0 Å². The van der Waals surface area contributed by atoms with E-state index < -0.39 is 0 Å². The van der Waals surface area contributed by atoms with Crippen LogP contribution in [-0.4, -0.2) is 41.7 Å². The number of nitrogens with zero attached hydrogens (tertiary/aromatic N) is 2. The summed E-state index contributed by atoms with van der Waals surface area (Å²) < 4.78 is 1.95. The Morgan fingerprint density at radius 2 is 2.08 bits per heavy atom. The maximum Gasteiger partial charge on any atom is 0.251 e. The Labute approximate surface area is 156 Å². The van der Waals surface area contributed by atoms with E-state index in [0.717, 1.165) is 10.6 Å². The van der Waals surface area contributed by atoms with Crippen LogP contribution < -0.4 is 10.6 Å². The molecule has 25 heavy (non-hydrogen) atoms. The number of aromatic nitrogens is 1. The lowest BCUT2D eigenvalue weighted by Gasteiger charge is -2.10. The summed E-state index contributed by atoms with van der Waals surface area (Å²) in [5.41, 5.74) is 1.47. The second kappa shape index (κ2) is 8.98. The zero-order valence-electron chi connectivity index (χ0n) is 14.7. The predicted octanol–water partition coefficient (Wildman–Crippen LogP) is 3.20. The molecule has 1 aromatic heterocycles. The molecule has 1 aromatic carbocycles. The number of hydrogen-bond donors (Lipinski definition) is 2. The first-order chi connectivity index (χ1) is 11.8. The molecule has 134 valence electrons. The smallest absolute Gasteiger partial charge is 0.251 e. The van der Waals surface area contributed by atoms with E-state index in [1.807, 2.05) is 49.8 Å². The number of carbonyl (C=O) groups excluding carboxylic acids is 2. The summed E-state index contributed by atoms with van der Waals surface area (Å²) in [6.45, 7) is 3.99. The number of thiazole rings is 1. The standard InChI is InChI=1S/C17H22N4O2S2/c1-11(2)14-10-24-17(19-14)20-15(22)9-18-16(23)12-6-5-7-13(8-12)25-21(3)4/h5-8,10-11H,9H2,1-4H3,(H,18,23)(H,19,20,22). The average molecular weight is 379 g/mol. The van der Waals surface area contributed by atoms with Crippen molar-refractivity contribution in [3.8, 4) is 0 Å². The van der Waals surface area contributed by atoms with Crippen molar-refractivity contribution in [3.05, 3.63) is 40.9 Å². The number of hydrogen-bond acceptors (Lipinski definition) is 6. The van der Waals surface area contributed by atoms with E-state index in [0.29, 0.717) is 16.6 Å². The molecule has 0 spiro atoms. The molecule has 0 unspecified atom stereocenters. The summed E-state index contributed by atoms with van der Waals surface area (Å²) in [5.74, 6) is -0.260. The minimum Gasteiger partial charge on any atom is -0.343 e. The van der Waals surface area contributed by atoms with Crippen LogP contribution in [0.25, 0.3) is 0 Å². The molecule has 0 aliphatic rings. The van der Waals surface area contributed by atoms with Crippen LogP contribution in [0.15, 0.2) is 34.5 Å². The van der Waals surface area contributed by atoms with Gasteiger partial charge in [0.25, 0.3) is 5.91 Å². The summed E-state index contributed by atoms with van der Waals surface area (Å²) in [6.07, 6.45) is 0. The summed E-state index contributed by atoms with van der Waals surface area (Å²) in [5, 5.41) is 7.81. The molecule has 2 N–H and O–H groups in total. The topological polar surface area (TPSA) is 74.3 Å². The highest BCUT2D eigenvalue weighted by Gasteiger charge is 2.11. The van der Waals surface area contributed by atoms with Crippen LogP contribution in [0.4, 0.5) is 5.13 Å². The maximum atomic E-state index is 12.2. The average Bonchev–Trinajstić information content (AvgIpc) is 3.01. The minimum atomic E-state index is -0.295. The van der Waals surface area contributed by atoms with Gasteiger partial charge in [-0.05, 0) is 50.2 Å². The molecule has 2 aromatic rings. The largest absolute Gasteiger partial charge is 0.343 e.